The van der Waals surface area contributed by atoms with Crippen LogP contribution in [0.15, 0.2) is 30.5 Å². The Hall–Kier alpha value is -2.30. The summed E-state index contributed by atoms with van der Waals surface area (Å²) in [6.07, 6.45) is 9.71. The van der Waals surface area contributed by atoms with Crippen LogP contribution in [0.2, 0.25) is 0 Å². The maximum atomic E-state index is 12.4. The number of carbonyl (C=O) groups is 1. The van der Waals surface area contributed by atoms with Crippen LogP contribution in [0.25, 0.3) is 0 Å². The first-order valence-corrected chi connectivity index (χ1v) is 9.32. The van der Waals surface area contributed by atoms with Crippen molar-refractivity contribution in [1.29, 1.82) is 0 Å². The third-order valence-electron chi connectivity index (χ3n) is 5.39. The number of fused-ring (bicyclic) bond motifs is 1. The van der Waals surface area contributed by atoms with Gasteiger partial charge in [0.25, 0.3) is 0 Å². The van der Waals surface area contributed by atoms with Gasteiger partial charge >= 0.3 is 0 Å². The third kappa shape index (κ3) is 3.86. The number of H-pyrrole nitrogens is 1. The van der Waals surface area contributed by atoms with E-state index < -0.39 is 0 Å². The average Bonchev–Trinajstić information content (AvgIpc) is 3.31. The maximum absolute atomic E-state index is 12.4. The van der Waals surface area contributed by atoms with Gasteiger partial charge in [-0.2, -0.15) is 5.10 Å². The van der Waals surface area contributed by atoms with Gasteiger partial charge in [-0.1, -0.05) is 12.1 Å². The Morgan fingerprint density at radius 2 is 2.00 bits per heavy atom. The van der Waals surface area contributed by atoms with Crippen molar-refractivity contribution >= 4 is 5.91 Å². The summed E-state index contributed by atoms with van der Waals surface area (Å²) in [5.41, 5.74) is 3.46. The van der Waals surface area contributed by atoms with E-state index in [0.717, 1.165) is 49.1 Å². The monoisotopic (exact) mass is 339 g/mol. The first kappa shape index (κ1) is 16.2. The van der Waals surface area contributed by atoms with Crippen molar-refractivity contribution in [3.63, 3.8) is 0 Å². The Balaban J connectivity index is 1.27. The summed E-state index contributed by atoms with van der Waals surface area (Å²) in [6.45, 7) is 0.564. The minimum atomic E-state index is 0.0397. The van der Waals surface area contributed by atoms with Gasteiger partial charge in [0.15, 0.2) is 0 Å². The van der Waals surface area contributed by atoms with Crippen LogP contribution in [0.4, 0.5) is 0 Å². The zero-order valence-electron chi connectivity index (χ0n) is 14.5. The van der Waals surface area contributed by atoms with E-state index in [1.54, 1.807) is 0 Å². The average molecular weight is 339 g/mol. The number of rotatable bonds is 5. The predicted molar refractivity (Wildman–Crippen MR) is 95.3 cm³/mol. The van der Waals surface area contributed by atoms with Crippen molar-refractivity contribution in [2.24, 2.45) is 5.92 Å². The molecule has 0 radical (unpaired) electrons. The maximum Gasteiger partial charge on any atom is 0.223 e. The van der Waals surface area contributed by atoms with Gasteiger partial charge in [-0.05, 0) is 61.8 Å². The zero-order valence-corrected chi connectivity index (χ0v) is 14.5. The standard InChI is InChI=1S/C20H25N3O2/c24-20(15-7-8-16-13-22-23-19(16)11-15)21-12-14-5-9-18(10-6-14)25-17-3-1-2-4-17/h5-6,9-10,13,15,17H,1-4,7-8,11-12H2,(H,21,24)(H,22,23). The van der Waals surface area contributed by atoms with Crippen molar-refractivity contribution in [2.45, 2.75) is 57.6 Å². The van der Waals surface area contributed by atoms with Crippen LogP contribution < -0.4 is 10.1 Å². The fourth-order valence-electron chi connectivity index (χ4n) is 3.85. The third-order valence-corrected chi connectivity index (χ3v) is 5.39. The summed E-state index contributed by atoms with van der Waals surface area (Å²) in [6, 6.07) is 8.10. The summed E-state index contributed by atoms with van der Waals surface area (Å²) in [5, 5.41) is 10.1. The minimum Gasteiger partial charge on any atom is -0.490 e. The highest BCUT2D eigenvalue weighted by Gasteiger charge is 2.25. The molecule has 5 nitrogen and oxygen atoms in total. The van der Waals surface area contributed by atoms with Gasteiger partial charge in [-0.15, -0.1) is 0 Å². The van der Waals surface area contributed by atoms with Crippen molar-refractivity contribution in [3.8, 4) is 5.75 Å². The molecule has 1 amide bonds. The molecule has 1 aromatic heterocycles. The molecule has 0 saturated heterocycles. The van der Waals surface area contributed by atoms with Crippen molar-refractivity contribution in [1.82, 2.24) is 15.5 Å². The zero-order chi connectivity index (χ0) is 17.1. The number of nitrogens with zero attached hydrogens (tertiary/aromatic N) is 1. The molecule has 2 aliphatic carbocycles. The van der Waals surface area contributed by atoms with Gasteiger partial charge in [-0.25, -0.2) is 0 Å². The van der Waals surface area contributed by atoms with Crippen molar-refractivity contribution < 1.29 is 9.53 Å². The number of benzene rings is 1. The number of nitrogens with one attached hydrogen (secondary N) is 2. The number of ether oxygens (including phenoxy) is 1. The molecule has 1 fully saturated rings. The Kier molecular flexibility index (Phi) is 4.72. The second-order valence-electron chi connectivity index (χ2n) is 7.20. The highest BCUT2D eigenvalue weighted by molar-refractivity contribution is 5.79. The molecule has 0 aliphatic heterocycles. The molecule has 132 valence electrons. The Bertz CT molecular complexity index is 717. The molecule has 0 spiro atoms. The molecule has 1 saturated carbocycles. The summed E-state index contributed by atoms with van der Waals surface area (Å²) in [5.74, 6) is 1.10. The van der Waals surface area contributed by atoms with Crippen molar-refractivity contribution in [2.75, 3.05) is 0 Å². The van der Waals surface area contributed by atoms with Crippen LogP contribution in [0.5, 0.6) is 5.75 Å². The van der Waals surface area contributed by atoms with E-state index >= 15 is 0 Å². The molecule has 1 unspecified atom stereocenters. The second-order valence-corrected chi connectivity index (χ2v) is 7.20. The van der Waals surface area contributed by atoms with Crippen LogP contribution in [-0.2, 0) is 24.2 Å². The molecule has 0 bridgehead atoms. The van der Waals surface area contributed by atoms with E-state index in [-0.39, 0.29) is 11.8 Å². The predicted octanol–water partition coefficient (Wildman–Crippen LogP) is 3.15. The number of aryl methyl sites for hydroxylation is 1. The van der Waals surface area contributed by atoms with Crippen LogP contribution in [0, 0.1) is 5.92 Å². The minimum absolute atomic E-state index is 0.0397. The first-order valence-electron chi connectivity index (χ1n) is 9.32. The highest BCUT2D eigenvalue weighted by atomic mass is 16.5. The lowest BCUT2D eigenvalue weighted by atomic mass is 9.87. The van der Waals surface area contributed by atoms with Crippen LogP contribution in [0.1, 0.15) is 48.9 Å². The lowest BCUT2D eigenvalue weighted by molar-refractivity contribution is -0.125. The van der Waals surface area contributed by atoms with Gasteiger partial charge in [0.05, 0.1) is 12.3 Å². The Morgan fingerprint density at radius 1 is 1.20 bits per heavy atom. The molecular formula is C20H25N3O2. The van der Waals surface area contributed by atoms with Gasteiger partial charge < -0.3 is 10.1 Å². The SMILES string of the molecule is O=C(NCc1ccc(OC2CCCC2)cc1)C1CCc2cn[nH]c2C1. The van der Waals surface area contributed by atoms with Crippen LogP contribution in [0.3, 0.4) is 0 Å². The number of carbonyl (C=O) groups excluding carboxylic acids is 1. The van der Waals surface area contributed by atoms with Crippen LogP contribution >= 0.6 is 0 Å². The molecular weight excluding hydrogens is 314 g/mol. The van der Waals surface area contributed by atoms with Gasteiger partial charge in [0.2, 0.25) is 5.91 Å². The molecule has 2 aromatic rings. The number of hydrogen-bond acceptors (Lipinski definition) is 3. The smallest absolute Gasteiger partial charge is 0.223 e. The Labute approximate surface area is 148 Å². The first-order chi connectivity index (χ1) is 12.3. The molecule has 2 aliphatic rings. The van der Waals surface area contributed by atoms with E-state index in [9.17, 15) is 4.79 Å². The molecule has 25 heavy (non-hydrogen) atoms. The summed E-state index contributed by atoms with van der Waals surface area (Å²) >= 11 is 0. The molecule has 4 rings (SSSR count). The lowest BCUT2D eigenvalue weighted by Gasteiger charge is -2.21. The van der Waals surface area contributed by atoms with Gasteiger partial charge in [0.1, 0.15) is 5.75 Å². The normalized spacial score (nSPS) is 20.2. The fraction of sp³-hybridized carbons (Fsp3) is 0.500. The molecule has 5 heteroatoms. The van der Waals surface area contributed by atoms with Gasteiger partial charge in [0, 0.05) is 24.6 Å². The molecule has 1 aromatic carbocycles. The largest absolute Gasteiger partial charge is 0.490 e. The topological polar surface area (TPSA) is 67.0 Å². The van der Waals surface area contributed by atoms with Crippen molar-refractivity contribution in [3.05, 3.63) is 47.3 Å². The van der Waals surface area contributed by atoms with Crippen LogP contribution in [-0.4, -0.2) is 22.2 Å². The molecule has 1 atom stereocenters. The van der Waals surface area contributed by atoms with Gasteiger partial charge in [-0.3, -0.25) is 9.89 Å². The molecule has 1 heterocycles. The second kappa shape index (κ2) is 7.30. The number of aromatic nitrogens is 2. The van der Waals surface area contributed by atoms with E-state index in [0.29, 0.717) is 12.6 Å². The summed E-state index contributed by atoms with van der Waals surface area (Å²) in [4.78, 5) is 12.4. The van der Waals surface area contributed by atoms with E-state index in [1.807, 2.05) is 30.5 Å². The number of hydrogen-bond donors (Lipinski definition) is 2. The number of aromatic amines is 1. The molecule has 2 N–H and O–H groups in total. The summed E-state index contributed by atoms with van der Waals surface area (Å²) in [7, 11) is 0. The van der Waals surface area contributed by atoms with E-state index in [4.69, 9.17) is 4.74 Å². The lowest BCUT2D eigenvalue weighted by Crippen LogP contribution is -2.33. The van der Waals surface area contributed by atoms with E-state index in [1.165, 1.54) is 18.4 Å². The highest BCUT2D eigenvalue weighted by Crippen LogP contribution is 2.25. The Morgan fingerprint density at radius 3 is 2.80 bits per heavy atom. The quantitative estimate of drug-likeness (QED) is 0.879. The fourth-order valence-corrected chi connectivity index (χ4v) is 3.85. The van der Waals surface area contributed by atoms with E-state index in [2.05, 4.69) is 15.5 Å². The summed E-state index contributed by atoms with van der Waals surface area (Å²) < 4.78 is 5.98. The number of amides is 1.